The number of aliphatic hydroxyl groups is 2. The molecule has 7 heteroatoms. The van der Waals surface area contributed by atoms with Gasteiger partial charge in [-0.2, -0.15) is 0 Å². The van der Waals surface area contributed by atoms with E-state index in [9.17, 15) is 19.8 Å². The van der Waals surface area contributed by atoms with Crippen LogP contribution in [0.25, 0.3) is 11.1 Å². The molecule has 0 spiro atoms. The highest BCUT2D eigenvalue weighted by Crippen LogP contribution is 2.44. The van der Waals surface area contributed by atoms with E-state index in [1.54, 1.807) is 12.2 Å². The van der Waals surface area contributed by atoms with Crippen molar-refractivity contribution in [1.29, 1.82) is 0 Å². The van der Waals surface area contributed by atoms with Crippen molar-refractivity contribution < 1.29 is 24.5 Å². The van der Waals surface area contributed by atoms with Gasteiger partial charge in [0.15, 0.2) is 5.12 Å². The first kappa shape index (κ1) is 34.5. The topological polar surface area (TPSA) is 95.9 Å². The van der Waals surface area contributed by atoms with Crippen molar-refractivity contribution in [2.45, 2.75) is 76.9 Å². The van der Waals surface area contributed by atoms with Crippen LogP contribution in [-0.4, -0.2) is 46.3 Å². The molecular weight excluding hydrogens is 582 g/mol. The van der Waals surface area contributed by atoms with E-state index in [-0.39, 0.29) is 35.9 Å². The summed E-state index contributed by atoms with van der Waals surface area (Å²) in [6, 6.07) is 25.7. The zero-order chi connectivity index (χ0) is 32.3. The smallest absolute Gasteiger partial charge is 0.407 e. The van der Waals surface area contributed by atoms with Crippen molar-refractivity contribution in [3.63, 3.8) is 0 Å². The number of rotatable bonds is 15. The third kappa shape index (κ3) is 9.80. The van der Waals surface area contributed by atoms with Gasteiger partial charge in [0.1, 0.15) is 6.61 Å². The van der Waals surface area contributed by atoms with Crippen LogP contribution in [0.4, 0.5) is 4.79 Å². The summed E-state index contributed by atoms with van der Waals surface area (Å²) in [6.45, 7) is 8.34. The van der Waals surface area contributed by atoms with Gasteiger partial charge in [0.25, 0.3) is 0 Å². The fraction of sp³-hybridized carbons (Fsp3) is 0.421. The Labute approximate surface area is 272 Å². The van der Waals surface area contributed by atoms with E-state index in [1.807, 2.05) is 82.3 Å². The number of benzene rings is 3. The second-order valence-corrected chi connectivity index (χ2v) is 13.7. The molecule has 4 rings (SSSR count). The Kier molecular flexibility index (Phi) is 12.9. The van der Waals surface area contributed by atoms with Gasteiger partial charge in [-0.15, -0.1) is 0 Å². The minimum atomic E-state index is -0.964. The van der Waals surface area contributed by atoms with Crippen molar-refractivity contribution in [3.8, 4) is 11.1 Å². The lowest BCUT2D eigenvalue weighted by molar-refractivity contribution is -0.117. The molecule has 6 nitrogen and oxygen atoms in total. The molecule has 0 heterocycles. The summed E-state index contributed by atoms with van der Waals surface area (Å²) >= 11 is 1.23. The van der Waals surface area contributed by atoms with Crippen molar-refractivity contribution >= 4 is 23.0 Å². The predicted octanol–water partition coefficient (Wildman–Crippen LogP) is 7.73. The van der Waals surface area contributed by atoms with Gasteiger partial charge < -0.3 is 20.3 Å². The molecule has 3 aromatic rings. The molecule has 0 saturated carbocycles. The van der Waals surface area contributed by atoms with Gasteiger partial charge in [0.2, 0.25) is 0 Å². The molecule has 0 fully saturated rings. The van der Waals surface area contributed by atoms with Gasteiger partial charge >= 0.3 is 6.09 Å². The average Bonchev–Trinajstić information content (AvgIpc) is 3.34. The maximum absolute atomic E-state index is 13.1. The Morgan fingerprint density at radius 2 is 1.42 bits per heavy atom. The van der Waals surface area contributed by atoms with Crippen LogP contribution in [0.5, 0.6) is 0 Å². The van der Waals surface area contributed by atoms with Crippen molar-refractivity contribution in [3.05, 3.63) is 108 Å². The Morgan fingerprint density at radius 1 is 0.844 bits per heavy atom. The largest absolute Gasteiger partial charge is 0.449 e. The number of hydrogen-bond donors (Lipinski definition) is 3. The minimum Gasteiger partial charge on any atom is -0.449 e. The van der Waals surface area contributed by atoms with Crippen LogP contribution in [0.3, 0.4) is 0 Å². The maximum Gasteiger partial charge on any atom is 0.407 e. The van der Waals surface area contributed by atoms with Gasteiger partial charge in [0, 0.05) is 11.7 Å². The molecule has 0 aliphatic heterocycles. The summed E-state index contributed by atoms with van der Waals surface area (Å²) in [5.74, 6) is 0.428. The van der Waals surface area contributed by atoms with Gasteiger partial charge in [-0.1, -0.05) is 130 Å². The standard InChI is InChI=1S/C38H47NO5S/c1-25(2)21-32(37(42)45-24-27-13-6-5-7-14-27)35(40)19-12-20-36(41)34(22-26(3)4)39-38(43)44-23-33-30-17-10-8-15-28(30)29-16-9-11-18-31(29)33/h5-19,25-26,32-36,40-41H,20-24H2,1-4H3,(H,39,43)/b19-12-/t32-,34-,35+,36+/m1/s1. The number of amides is 1. The van der Waals surface area contributed by atoms with Crippen LogP contribution in [0.15, 0.2) is 91.0 Å². The summed E-state index contributed by atoms with van der Waals surface area (Å²) in [6.07, 6.45) is 2.25. The van der Waals surface area contributed by atoms with E-state index in [4.69, 9.17) is 4.74 Å². The zero-order valence-electron chi connectivity index (χ0n) is 26.8. The molecule has 0 bridgehead atoms. The van der Waals surface area contributed by atoms with Crippen molar-refractivity contribution in [2.24, 2.45) is 17.8 Å². The van der Waals surface area contributed by atoms with E-state index < -0.39 is 30.3 Å². The first-order chi connectivity index (χ1) is 21.6. The van der Waals surface area contributed by atoms with E-state index in [2.05, 4.69) is 29.6 Å². The summed E-state index contributed by atoms with van der Waals surface area (Å²) in [4.78, 5) is 26.1. The number of hydrogen-bond acceptors (Lipinski definition) is 6. The van der Waals surface area contributed by atoms with Gasteiger partial charge in [-0.3, -0.25) is 4.79 Å². The second-order valence-electron chi connectivity index (χ2n) is 12.8. The Bertz CT molecular complexity index is 1380. The summed E-state index contributed by atoms with van der Waals surface area (Å²) < 4.78 is 5.74. The first-order valence-electron chi connectivity index (χ1n) is 16.0. The molecule has 0 saturated heterocycles. The van der Waals surface area contributed by atoms with Crippen LogP contribution < -0.4 is 5.32 Å². The lowest BCUT2D eigenvalue weighted by Crippen LogP contribution is -2.44. The quantitative estimate of drug-likeness (QED) is 0.149. The normalized spacial score (nSPS) is 15.5. The minimum absolute atomic E-state index is 0.0418. The number of nitrogens with one attached hydrogen (secondary N) is 1. The molecule has 3 aromatic carbocycles. The van der Waals surface area contributed by atoms with Crippen LogP contribution in [0, 0.1) is 17.8 Å². The zero-order valence-corrected chi connectivity index (χ0v) is 27.6. The Balaban J connectivity index is 1.33. The molecule has 0 aromatic heterocycles. The molecule has 1 amide bonds. The highest BCUT2D eigenvalue weighted by Gasteiger charge is 2.30. The summed E-state index contributed by atoms with van der Waals surface area (Å²) in [5, 5.41) is 24.9. The highest BCUT2D eigenvalue weighted by molar-refractivity contribution is 8.13. The van der Waals surface area contributed by atoms with E-state index in [1.165, 1.54) is 11.8 Å². The van der Waals surface area contributed by atoms with Crippen LogP contribution >= 0.6 is 11.8 Å². The molecule has 4 atom stereocenters. The number of alkyl carbamates (subject to hydrolysis) is 1. The van der Waals surface area contributed by atoms with Crippen molar-refractivity contribution in [1.82, 2.24) is 5.32 Å². The number of carbonyl (C=O) groups excluding carboxylic acids is 2. The van der Waals surface area contributed by atoms with E-state index >= 15 is 0 Å². The summed E-state index contributed by atoms with van der Waals surface area (Å²) in [5.41, 5.74) is 5.67. The fourth-order valence-corrected chi connectivity index (χ4v) is 6.94. The SMILES string of the molecule is CC(C)C[C@@H](NC(=O)OCC1c2ccccc2-c2ccccc21)[C@@H](O)C/C=C\[C@H](O)[C@@H](CC(C)C)C(=O)SCc1ccccc1. The summed E-state index contributed by atoms with van der Waals surface area (Å²) in [7, 11) is 0. The van der Waals surface area contributed by atoms with Crippen molar-refractivity contribution in [2.75, 3.05) is 6.61 Å². The predicted molar refractivity (Wildman–Crippen MR) is 183 cm³/mol. The van der Waals surface area contributed by atoms with E-state index in [0.29, 0.717) is 18.6 Å². The number of ether oxygens (including phenoxy) is 1. The molecule has 0 unspecified atom stereocenters. The maximum atomic E-state index is 13.1. The van der Waals surface area contributed by atoms with E-state index in [0.717, 1.165) is 27.8 Å². The Hall–Kier alpha value is -3.39. The second kappa shape index (κ2) is 16.8. The average molecular weight is 630 g/mol. The molecule has 45 heavy (non-hydrogen) atoms. The van der Waals surface area contributed by atoms with Gasteiger partial charge in [-0.25, -0.2) is 4.79 Å². The molecule has 3 N–H and O–H groups in total. The first-order valence-corrected chi connectivity index (χ1v) is 17.0. The number of fused-ring (bicyclic) bond motifs is 3. The van der Waals surface area contributed by atoms with Crippen LogP contribution in [-0.2, 0) is 15.3 Å². The molecule has 240 valence electrons. The number of carbonyl (C=O) groups is 2. The lowest BCUT2D eigenvalue weighted by Gasteiger charge is -2.25. The molecular formula is C38H47NO5S. The van der Waals surface area contributed by atoms with Gasteiger partial charge in [-0.05, 0) is 58.9 Å². The number of thioether (sulfide) groups is 1. The van der Waals surface area contributed by atoms with Gasteiger partial charge in [0.05, 0.1) is 24.2 Å². The number of aliphatic hydroxyl groups excluding tert-OH is 2. The van der Waals surface area contributed by atoms with Crippen LogP contribution in [0.1, 0.15) is 69.6 Å². The fourth-order valence-electron chi connectivity index (χ4n) is 5.99. The molecule has 1 aliphatic carbocycles. The molecule has 0 radical (unpaired) electrons. The lowest BCUT2D eigenvalue weighted by atomic mass is 9.92. The van der Waals surface area contributed by atoms with Crippen LogP contribution in [0.2, 0.25) is 0 Å². The third-order valence-corrected chi connectivity index (χ3v) is 9.28. The molecule has 1 aliphatic rings. The monoisotopic (exact) mass is 629 g/mol. The Morgan fingerprint density at radius 3 is 2.02 bits per heavy atom. The third-order valence-electron chi connectivity index (χ3n) is 8.21. The highest BCUT2D eigenvalue weighted by atomic mass is 32.2.